The van der Waals surface area contributed by atoms with Gasteiger partial charge in [0.15, 0.2) is 0 Å². The standard InChI is InChI=1S/C12H17N3/c1-3-6-12(14-15-13)11-8-5-7-10(4-2)9-11/h5,7-9,12H,3-4,6H2,1-2H3. The van der Waals surface area contributed by atoms with Gasteiger partial charge in [-0.05, 0) is 29.5 Å². The van der Waals surface area contributed by atoms with E-state index in [9.17, 15) is 0 Å². The zero-order valence-corrected chi connectivity index (χ0v) is 9.35. The van der Waals surface area contributed by atoms with Crippen LogP contribution in [0.1, 0.15) is 43.9 Å². The van der Waals surface area contributed by atoms with Gasteiger partial charge in [0.1, 0.15) is 0 Å². The molecule has 0 fully saturated rings. The molecule has 15 heavy (non-hydrogen) atoms. The molecule has 3 heteroatoms. The second kappa shape index (κ2) is 6.10. The summed E-state index contributed by atoms with van der Waals surface area (Å²) in [6, 6.07) is 8.29. The molecular formula is C12H17N3. The Balaban J connectivity index is 2.93. The van der Waals surface area contributed by atoms with Crippen molar-refractivity contribution in [3.63, 3.8) is 0 Å². The number of hydrogen-bond acceptors (Lipinski definition) is 1. The first-order valence-corrected chi connectivity index (χ1v) is 5.44. The first-order valence-electron chi connectivity index (χ1n) is 5.44. The smallest absolute Gasteiger partial charge is 0.0625 e. The van der Waals surface area contributed by atoms with Crippen LogP contribution in [0.3, 0.4) is 0 Å². The number of hydrogen-bond donors (Lipinski definition) is 0. The monoisotopic (exact) mass is 203 g/mol. The maximum Gasteiger partial charge on any atom is 0.0625 e. The van der Waals surface area contributed by atoms with Crippen LogP contribution in [0.25, 0.3) is 10.4 Å². The zero-order valence-electron chi connectivity index (χ0n) is 9.35. The second-order valence-corrected chi connectivity index (χ2v) is 3.61. The molecular weight excluding hydrogens is 186 g/mol. The molecule has 1 unspecified atom stereocenters. The summed E-state index contributed by atoms with van der Waals surface area (Å²) >= 11 is 0. The second-order valence-electron chi connectivity index (χ2n) is 3.61. The highest BCUT2D eigenvalue weighted by molar-refractivity contribution is 5.26. The lowest BCUT2D eigenvalue weighted by Gasteiger charge is -2.11. The topological polar surface area (TPSA) is 48.8 Å². The van der Waals surface area contributed by atoms with Gasteiger partial charge < -0.3 is 0 Å². The van der Waals surface area contributed by atoms with Crippen molar-refractivity contribution in [1.29, 1.82) is 0 Å². The van der Waals surface area contributed by atoms with Crippen molar-refractivity contribution in [2.24, 2.45) is 5.11 Å². The van der Waals surface area contributed by atoms with E-state index in [0.29, 0.717) is 0 Å². The van der Waals surface area contributed by atoms with Gasteiger partial charge in [0.25, 0.3) is 0 Å². The van der Waals surface area contributed by atoms with Gasteiger partial charge in [-0.1, -0.05) is 49.6 Å². The van der Waals surface area contributed by atoms with Crippen LogP contribution in [0.4, 0.5) is 0 Å². The minimum Gasteiger partial charge on any atom is -0.0859 e. The van der Waals surface area contributed by atoms with Gasteiger partial charge >= 0.3 is 0 Å². The first kappa shape index (κ1) is 11.6. The maximum absolute atomic E-state index is 8.51. The molecule has 0 aliphatic carbocycles. The fourth-order valence-electron chi connectivity index (χ4n) is 1.65. The summed E-state index contributed by atoms with van der Waals surface area (Å²) < 4.78 is 0. The number of azide groups is 1. The average molecular weight is 203 g/mol. The van der Waals surface area contributed by atoms with Crippen molar-refractivity contribution >= 4 is 0 Å². The Morgan fingerprint density at radius 1 is 1.40 bits per heavy atom. The molecule has 0 saturated heterocycles. The van der Waals surface area contributed by atoms with Crippen LogP contribution in [0, 0.1) is 0 Å². The third-order valence-electron chi connectivity index (χ3n) is 2.50. The fourth-order valence-corrected chi connectivity index (χ4v) is 1.65. The van der Waals surface area contributed by atoms with E-state index in [1.807, 2.05) is 12.1 Å². The SMILES string of the molecule is CCCC(N=[N+]=[N-])c1cccc(CC)c1. The summed E-state index contributed by atoms with van der Waals surface area (Å²) in [6.45, 7) is 4.23. The molecule has 0 N–H and O–H groups in total. The van der Waals surface area contributed by atoms with Crippen LogP contribution >= 0.6 is 0 Å². The highest BCUT2D eigenvalue weighted by Gasteiger charge is 2.08. The van der Waals surface area contributed by atoms with Crippen LogP contribution in [0.5, 0.6) is 0 Å². The van der Waals surface area contributed by atoms with Gasteiger partial charge in [0.2, 0.25) is 0 Å². The lowest BCUT2D eigenvalue weighted by Crippen LogP contribution is -1.95. The van der Waals surface area contributed by atoms with E-state index < -0.39 is 0 Å². The third kappa shape index (κ3) is 3.30. The zero-order chi connectivity index (χ0) is 11.1. The van der Waals surface area contributed by atoms with Gasteiger partial charge in [-0.15, -0.1) is 0 Å². The summed E-state index contributed by atoms with van der Waals surface area (Å²) in [5.74, 6) is 0. The summed E-state index contributed by atoms with van der Waals surface area (Å²) in [6.07, 6.45) is 2.96. The summed E-state index contributed by atoms with van der Waals surface area (Å²) in [7, 11) is 0. The Morgan fingerprint density at radius 3 is 2.80 bits per heavy atom. The van der Waals surface area contributed by atoms with Crippen LogP contribution in [0.15, 0.2) is 29.4 Å². The van der Waals surface area contributed by atoms with Crippen molar-refractivity contribution in [3.05, 3.63) is 45.8 Å². The van der Waals surface area contributed by atoms with Crippen molar-refractivity contribution in [2.75, 3.05) is 0 Å². The minimum absolute atomic E-state index is 0.00787. The predicted octanol–water partition coefficient (Wildman–Crippen LogP) is 4.40. The molecule has 3 nitrogen and oxygen atoms in total. The van der Waals surface area contributed by atoms with Gasteiger partial charge in [-0.3, -0.25) is 0 Å². The molecule has 1 aromatic carbocycles. The molecule has 0 heterocycles. The molecule has 1 rings (SSSR count). The molecule has 0 saturated carbocycles. The quantitative estimate of drug-likeness (QED) is 0.387. The molecule has 0 aliphatic rings. The van der Waals surface area contributed by atoms with Crippen molar-refractivity contribution in [1.82, 2.24) is 0 Å². The Labute approximate surface area is 90.8 Å². The molecule has 0 bridgehead atoms. The number of nitrogens with zero attached hydrogens (tertiary/aromatic N) is 3. The van der Waals surface area contributed by atoms with E-state index in [4.69, 9.17) is 5.53 Å². The average Bonchev–Trinajstić information content (AvgIpc) is 2.29. The molecule has 0 radical (unpaired) electrons. The third-order valence-corrected chi connectivity index (χ3v) is 2.50. The van der Waals surface area contributed by atoms with Crippen LogP contribution in [-0.2, 0) is 6.42 Å². The largest absolute Gasteiger partial charge is 0.0859 e. The number of benzene rings is 1. The van der Waals surface area contributed by atoms with E-state index in [1.165, 1.54) is 5.56 Å². The van der Waals surface area contributed by atoms with Crippen molar-refractivity contribution < 1.29 is 0 Å². The number of aryl methyl sites for hydroxylation is 1. The molecule has 0 spiro atoms. The van der Waals surface area contributed by atoms with Crippen LogP contribution < -0.4 is 0 Å². The van der Waals surface area contributed by atoms with E-state index >= 15 is 0 Å². The first-order chi connectivity index (χ1) is 7.31. The van der Waals surface area contributed by atoms with Crippen LogP contribution in [-0.4, -0.2) is 0 Å². The summed E-state index contributed by atoms with van der Waals surface area (Å²) in [4.78, 5) is 2.91. The van der Waals surface area contributed by atoms with Crippen molar-refractivity contribution in [3.8, 4) is 0 Å². The Morgan fingerprint density at radius 2 is 2.20 bits per heavy atom. The molecule has 1 aromatic rings. The van der Waals surface area contributed by atoms with E-state index in [1.54, 1.807) is 0 Å². The Bertz CT molecular complexity index is 354. The minimum atomic E-state index is -0.00787. The molecule has 80 valence electrons. The van der Waals surface area contributed by atoms with Gasteiger partial charge in [-0.2, -0.15) is 0 Å². The fraction of sp³-hybridized carbons (Fsp3) is 0.500. The lowest BCUT2D eigenvalue weighted by molar-refractivity contribution is 0.634. The van der Waals surface area contributed by atoms with Gasteiger partial charge in [-0.25, -0.2) is 0 Å². The molecule has 0 aromatic heterocycles. The summed E-state index contributed by atoms with van der Waals surface area (Å²) in [5, 5.41) is 3.84. The highest BCUT2D eigenvalue weighted by Crippen LogP contribution is 2.23. The molecule has 0 aliphatic heterocycles. The van der Waals surface area contributed by atoms with Crippen LogP contribution in [0.2, 0.25) is 0 Å². The predicted molar refractivity (Wildman–Crippen MR) is 62.6 cm³/mol. The number of rotatable bonds is 5. The highest BCUT2D eigenvalue weighted by atomic mass is 15.1. The van der Waals surface area contributed by atoms with E-state index in [2.05, 4.69) is 36.0 Å². The van der Waals surface area contributed by atoms with Gasteiger partial charge in [0, 0.05) is 4.91 Å². The molecule has 1 atom stereocenters. The maximum atomic E-state index is 8.51. The van der Waals surface area contributed by atoms with Gasteiger partial charge in [0.05, 0.1) is 6.04 Å². The van der Waals surface area contributed by atoms with Crippen molar-refractivity contribution in [2.45, 2.75) is 39.2 Å². The molecule has 0 amide bonds. The summed E-state index contributed by atoms with van der Waals surface area (Å²) in [5.41, 5.74) is 10.9. The Hall–Kier alpha value is -1.47. The van der Waals surface area contributed by atoms with E-state index in [0.717, 1.165) is 24.8 Å². The van der Waals surface area contributed by atoms with E-state index in [-0.39, 0.29) is 6.04 Å². The Kier molecular flexibility index (Phi) is 4.72. The normalized spacial score (nSPS) is 11.9. The lowest BCUT2D eigenvalue weighted by atomic mass is 10.0.